The van der Waals surface area contributed by atoms with E-state index in [1.165, 1.54) is 0 Å². The number of aromatic amines is 1. The van der Waals surface area contributed by atoms with Gasteiger partial charge in [0.1, 0.15) is 11.4 Å². The predicted molar refractivity (Wildman–Crippen MR) is 98.5 cm³/mol. The van der Waals surface area contributed by atoms with Gasteiger partial charge in [0.05, 0.1) is 0 Å². The number of nitrogens with one attached hydrogen (secondary N) is 1. The molecule has 2 N–H and O–H groups in total. The SMILES string of the molecule is O=C(O)c1[nH]nnc1-c1ccc(-c2ccc(Oc3ccccn3)cc2)cc1. The molecule has 0 aliphatic carbocycles. The second-order valence-electron chi connectivity index (χ2n) is 5.71. The standard InChI is InChI=1S/C20H14N4O3/c25-20(26)19-18(22-24-23-19)15-6-4-13(5-7-15)14-8-10-16(11-9-14)27-17-3-1-2-12-21-17/h1-12H,(H,25,26)(H,22,23,24). The van der Waals surface area contributed by atoms with Crippen molar-refractivity contribution in [1.82, 2.24) is 20.4 Å². The fraction of sp³-hybridized carbons (Fsp3) is 0. The zero-order chi connectivity index (χ0) is 18.6. The molecule has 0 aliphatic rings. The molecule has 2 heterocycles. The number of carbonyl (C=O) groups is 1. The lowest BCUT2D eigenvalue weighted by Gasteiger charge is -2.07. The molecule has 0 radical (unpaired) electrons. The van der Waals surface area contributed by atoms with Crippen LogP contribution in [0.4, 0.5) is 0 Å². The maximum absolute atomic E-state index is 11.2. The van der Waals surface area contributed by atoms with Crippen LogP contribution in [0.5, 0.6) is 11.6 Å². The highest BCUT2D eigenvalue weighted by molar-refractivity contribution is 5.92. The zero-order valence-electron chi connectivity index (χ0n) is 14.0. The van der Waals surface area contributed by atoms with E-state index in [9.17, 15) is 4.79 Å². The predicted octanol–water partition coefficient (Wildman–Crippen LogP) is 4.02. The summed E-state index contributed by atoms with van der Waals surface area (Å²) in [5, 5.41) is 19.0. The van der Waals surface area contributed by atoms with Gasteiger partial charge < -0.3 is 9.84 Å². The number of ether oxygens (including phenoxy) is 1. The summed E-state index contributed by atoms with van der Waals surface area (Å²) in [4.78, 5) is 15.3. The first-order valence-electron chi connectivity index (χ1n) is 8.15. The third kappa shape index (κ3) is 3.52. The smallest absolute Gasteiger partial charge is 0.356 e. The lowest BCUT2D eigenvalue weighted by atomic mass is 10.0. The Hall–Kier alpha value is -4.00. The van der Waals surface area contributed by atoms with Crippen LogP contribution in [-0.2, 0) is 0 Å². The average molecular weight is 358 g/mol. The van der Waals surface area contributed by atoms with Crippen LogP contribution in [0, 0.1) is 0 Å². The molecule has 0 amide bonds. The fourth-order valence-electron chi connectivity index (χ4n) is 2.64. The number of hydrogen-bond donors (Lipinski definition) is 2. The number of H-pyrrole nitrogens is 1. The minimum Gasteiger partial charge on any atom is -0.476 e. The van der Waals surface area contributed by atoms with Crippen molar-refractivity contribution in [2.24, 2.45) is 0 Å². The number of carboxylic acid groups (broad SMARTS) is 1. The second kappa shape index (κ2) is 7.09. The van der Waals surface area contributed by atoms with E-state index in [1.54, 1.807) is 12.3 Å². The summed E-state index contributed by atoms with van der Waals surface area (Å²) < 4.78 is 5.69. The average Bonchev–Trinajstić information content (AvgIpc) is 3.20. The Morgan fingerprint density at radius 3 is 2.19 bits per heavy atom. The van der Waals surface area contributed by atoms with E-state index in [2.05, 4.69) is 20.4 Å². The van der Waals surface area contributed by atoms with Gasteiger partial charge in [-0.1, -0.05) is 47.7 Å². The number of carboxylic acids is 1. The number of hydrogen-bond acceptors (Lipinski definition) is 5. The van der Waals surface area contributed by atoms with E-state index in [0.29, 0.717) is 22.9 Å². The number of nitrogens with zero attached hydrogens (tertiary/aromatic N) is 3. The van der Waals surface area contributed by atoms with Gasteiger partial charge in [-0.05, 0) is 29.3 Å². The van der Waals surface area contributed by atoms with Gasteiger partial charge in [-0.2, -0.15) is 0 Å². The lowest BCUT2D eigenvalue weighted by molar-refractivity contribution is 0.0691. The van der Waals surface area contributed by atoms with Crippen molar-refractivity contribution < 1.29 is 14.6 Å². The van der Waals surface area contributed by atoms with E-state index >= 15 is 0 Å². The van der Waals surface area contributed by atoms with Crippen LogP contribution < -0.4 is 4.74 Å². The maximum Gasteiger partial charge on any atom is 0.356 e. The molecule has 7 nitrogen and oxygen atoms in total. The third-order valence-corrected chi connectivity index (χ3v) is 3.97. The van der Waals surface area contributed by atoms with E-state index in [1.807, 2.05) is 60.7 Å². The van der Waals surface area contributed by atoms with Crippen LogP contribution in [0.3, 0.4) is 0 Å². The van der Waals surface area contributed by atoms with E-state index in [-0.39, 0.29) is 5.69 Å². The molecule has 0 unspecified atom stereocenters. The number of rotatable bonds is 5. The van der Waals surface area contributed by atoms with Crippen LogP contribution >= 0.6 is 0 Å². The van der Waals surface area contributed by atoms with E-state index in [4.69, 9.17) is 9.84 Å². The number of aromatic carboxylic acids is 1. The molecule has 4 rings (SSSR count). The van der Waals surface area contributed by atoms with Gasteiger partial charge in [-0.25, -0.2) is 9.78 Å². The quantitative estimate of drug-likeness (QED) is 0.559. The molecule has 132 valence electrons. The summed E-state index contributed by atoms with van der Waals surface area (Å²) in [5.41, 5.74) is 2.96. The van der Waals surface area contributed by atoms with Crippen molar-refractivity contribution >= 4 is 5.97 Å². The molecule has 0 saturated heterocycles. The van der Waals surface area contributed by atoms with Crippen molar-refractivity contribution in [3.8, 4) is 34.0 Å². The van der Waals surface area contributed by atoms with E-state index in [0.717, 1.165) is 11.1 Å². The molecule has 0 aliphatic heterocycles. The second-order valence-corrected chi connectivity index (χ2v) is 5.71. The van der Waals surface area contributed by atoms with Gasteiger partial charge in [-0.3, -0.25) is 5.10 Å². The Labute approximate surface area is 154 Å². The zero-order valence-corrected chi connectivity index (χ0v) is 14.0. The van der Waals surface area contributed by atoms with Gasteiger partial charge in [0, 0.05) is 17.8 Å². The minimum atomic E-state index is -1.09. The molecule has 0 fully saturated rings. The van der Waals surface area contributed by atoms with Crippen LogP contribution in [0.2, 0.25) is 0 Å². The van der Waals surface area contributed by atoms with Gasteiger partial charge in [0.15, 0.2) is 5.69 Å². The van der Waals surface area contributed by atoms with Gasteiger partial charge in [0.25, 0.3) is 0 Å². The molecule has 27 heavy (non-hydrogen) atoms. The summed E-state index contributed by atoms with van der Waals surface area (Å²) in [6.45, 7) is 0. The largest absolute Gasteiger partial charge is 0.476 e. The van der Waals surface area contributed by atoms with Crippen molar-refractivity contribution in [2.45, 2.75) is 0 Å². The lowest BCUT2D eigenvalue weighted by Crippen LogP contribution is -1.99. The number of aromatic nitrogens is 4. The highest BCUT2D eigenvalue weighted by Crippen LogP contribution is 2.27. The molecule has 2 aromatic carbocycles. The minimum absolute atomic E-state index is 0.0289. The molecule has 0 spiro atoms. The maximum atomic E-state index is 11.2. The number of benzene rings is 2. The van der Waals surface area contributed by atoms with Crippen molar-refractivity contribution in [1.29, 1.82) is 0 Å². The van der Waals surface area contributed by atoms with Crippen molar-refractivity contribution in [3.05, 3.63) is 78.6 Å². The number of pyridine rings is 1. The summed E-state index contributed by atoms with van der Waals surface area (Å²) in [6, 6.07) is 20.6. The Bertz CT molecular complexity index is 1060. The first-order valence-corrected chi connectivity index (χ1v) is 8.15. The Morgan fingerprint density at radius 1 is 0.889 bits per heavy atom. The molecular formula is C20H14N4O3. The monoisotopic (exact) mass is 358 g/mol. The molecule has 4 aromatic rings. The molecule has 2 aromatic heterocycles. The summed E-state index contributed by atoms with van der Waals surface area (Å²) in [6.07, 6.45) is 1.68. The van der Waals surface area contributed by atoms with Crippen LogP contribution in [0.25, 0.3) is 22.4 Å². The highest BCUT2D eigenvalue weighted by Gasteiger charge is 2.15. The van der Waals surface area contributed by atoms with Crippen LogP contribution in [0.1, 0.15) is 10.5 Å². The normalized spacial score (nSPS) is 10.5. The molecular weight excluding hydrogens is 344 g/mol. The Balaban J connectivity index is 1.54. The third-order valence-electron chi connectivity index (χ3n) is 3.97. The Kier molecular flexibility index (Phi) is 4.32. The van der Waals surface area contributed by atoms with Gasteiger partial charge >= 0.3 is 5.97 Å². The highest BCUT2D eigenvalue weighted by atomic mass is 16.5. The van der Waals surface area contributed by atoms with Crippen molar-refractivity contribution in [2.75, 3.05) is 0 Å². The van der Waals surface area contributed by atoms with Crippen LogP contribution in [0.15, 0.2) is 72.9 Å². The summed E-state index contributed by atoms with van der Waals surface area (Å²) in [5.74, 6) is 0.141. The fourth-order valence-corrected chi connectivity index (χ4v) is 2.64. The van der Waals surface area contributed by atoms with Crippen LogP contribution in [-0.4, -0.2) is 31.5 Å². The molecule has 0 saturated carbocycles. The topological polar surface area (TPSA) is 101 Å². The van der Waals surface area contributed by atoms with Crippen molar-refractivity contribution in [3.63, 3.8) is 0 Å². The first kappa shape index (κ1) is 16.5. The molecule has 0 atom stereocenters. The summed E-state index contributed by atoms with van der Waals surface area (Å²) >= 11 is 0. The first-order chi connectivity index (χ1) is 13.2. The molecule has 7 heteroatoms. The molecule has 0 bridgehead atoms. The Morgan fingerprint density at radius 2 is 1.56 bits per heavy atom. The van der Waals surface area contributed by atoms with Gasteiger partial charge in [-0.15, -0.1) is 5.10 Å². The van der Waals surface area contributed by atoms with Gasteiger partial charge in [0.2, 0.25) is 5.88 Å². The summed E-state index contributed by atoms with van der Waals surface area (Å²) in [7, 11) is 0. The van der Waals surface area contributed by atoms with E-state index < -0.39 is 5.97 Å².